The van der Waals surface area contributed by atoms with E-state index in [1.54, 1.807) is 10.7 Å². The lowest BCUT2D eigenvalue weighted by Crippen LogP contribution is -2.42. The van der Waals surface area contributed by atoms with Gasteiger partial charge in [-0.2, -0.15) is 5.10 Å². The maximum Gasteiger partial charge on any atom is 0.407 e. The van der Waals surface area contributed by atoms with E-state index in [4.69, 9.17) is 31.5 Å². The third-order valence-corrected chi connectivity index (χ3v) is 8.21. The highest BCUT2D eigenvalue weighted by molar-refractivity contribution is 6.33. The summed E-state index contributed by atoms with van der Waals surface area (Å²) in [5.41, 5.74) is 11.3. The molecule has 12 heteroatoms. The van der Waals surface area contributed by atoms with Gasteiger partial charge < -0.3 is 30.6 Å². The van der Waals surface area contributed by atoms with Gasteiger partial charge in [-0.25, -0.2) is 18.7 Å². The lowest BCUT2D eigenvalue weighted by Gasteiger charge is -2.31. The zero-order valence-corrected chi connectivity index (χ0v) is 26.4. The number of nitrogens with zero attached hydrogens (tertiary/aromatic N) is 3. The van der Waals surface area contributed by atoms with Crippen LogP contribution >= 0.6 is 11.6 Å². The Bertz CT molecular complexity index is 1790. The largest absolute Gasteiger partial charge is 0.454 e. The number of alkyl carbamates (subject to hydrolysis) is 1. The van der Waals surface area contributed by atoms with E-state index >= 15 is 0 Å². The zero-order chi connectivity index (χ0) is 31.9. The van der Waals surface area contributed by atoms with Gasteiger partial charge in [0.25, 0.3) is 0 Å². The van der Waals surface area contributed by atoms with Crippen molar-refractivity contribution in [3.8, 4) is 22.6 Å². The van der Waals surface area contributed by atoms with E-state index in [9.17, 15) is 9.18 Å². The van der Waals surface area contributed by atoms with Crippen molar-refractivity contribution in [3.63, 3.8) is 0 Å². The van der Waals surface area contributed by atoms with E-state index in [0.717, 1.165) is 59.3 Å². The molecule has 0 atom stereocenters. The summed E-state index contributed by atoms with van der Waals surface area (Å²) in [5, 5.41) is 11.6. The standard InChI is InChI=1S/C33H36ClFN6O4/c1-18-11-28-29(44-17-43-28)14-23(18)19-12-27-30(38-21-6-8-22(9-7-21)39-32(42)45-33(2,3)4)24(15-37-41(27)16-19)31(36)40-26-13-20(35)5-10-25(26)34/h5,10-16,21-22,38H,6-9,17H2,1-4H3,(H2,36,40)(H,39,42)/t21-,22-. The summed E-state index contributed by atoms with van der Waals surface area (Å²) in [7, 11) is 0. The maximum atomic E-state index is 14.0. The summed E-state index contributed by atoms with van der Waals surface area (Å²) in [6.45, 7) is 7.75. The minimum Gasteiger partial charge on any atom is -0.454 e. The SMILES string of the molecule is Cc1cc2c(cc1-c1cc3c(N[C@H]4CC[C@H](NC(=O)OC(C)(C)C)CC4)c(/C(N)=N/c4cc(F)ccc4Cl)cnn3c1)OCO2. The molecule has 2 aromatic heterocycles. The molecule has 45 heavy (non-hydrogen) atoms. The molecule has 0 bridgehead atoms. The van der Waals surface area contributed by atoms with Crippen LogP contribution in [-0.2, 0) is 4.74 Å². The van der Waals surface area contributed by atoms with E-state index in [2.05, 4.69) is 20.7 Å². The number of carbonyl (C=O) groups is 1. The third kappa shape index (κ3) is 6.78. The van der Waals surface area contributed by atoms with Gasteiger partial charge in [0, 0.05) is 29.9 Å². The Kier molecular flexibility index (Phi) is 8.22. The molecule has 1 aliphatic heterocycles. The normalized spacial score (nSPS) is 18.2. The number of amides is 1. The Balaban J connectivity index is 1.33. The molecule has 0 radical (unpaired) electrons. The highest BCUT2D eigenvalue weighted by Crippen LogP contribution is 2.40. The lowest BCUT2D eigenvalue weighted by molar-refractivity contribution is 0.0492. The highest BCUT2D eigenvalue weighted by atomic mass is 35.5. The number of anilines is 1. The zero-order valence-electron chi connectivity index (χ0n) is 25.6. The fourth-order valence-corrected chi connectivity index (χ4v) is 5.89. The van der Waals surface area contributed by atoms with E-state index in [-0.39, 0.29) is 35.4 Å². The molecule has 1 amide bonds. The number of rotatable bonds is 6. The minimum absolute atomic E-state index is 0.0189. The van der Waals surface area contributed by atoms with Crippen molar-refractivity contribution in [2.45, 2.75) is 71.1 Å². The molecule has 2 aliphatic rings. The number of nitrogens with one attached hydrogen (secondary N) is 2. The third-order valence-electron chi connectivity index (χ3n) is 7.89. The van der Waals surface area contributed by atoms with Crippen molar-refractivity contribution in [1.29, 1.82) is 0 Å². The molecule has 10 nitrogen and oxygen atoms in total. The van der Waals surface area contributed by atoms with Crippen LogP contribution in [0.25, 0.3) is 16.6 Å². The lowest BCUT2D eigenvalue weighted by atomic mass is 9.91. The van der Waals surface area contributed by atoms with Crippen LogP contribution in [0.1, 0.15) is 57.6 Å². The van der Waals surface area contributed by atoms with Crippen LogP contribution in [0.15, 0.2) is 53.8 Å². The van der Waals surface area contributed by atoms with E-state index in [1.165, 1.54) is 18.2 Å². The topological polar surface area (TPSA) is 124 Å². The molecule has 6 rings (SSSR count). The van der Waals surface area contributed by atoms with E-state index in [0.29, 0.717) is 11.3 Å². The van der Waals surface area contributed by atoms with Gasteiger partial charge in [0.1, 0.15) is 17.3 Å². The number of aryl methyl sites for hydroxylation is 1. The van der Waals surface area contributed by atoms with Gasteiger partial charge in [0.2, 0.25) is 6.79 Å². The Morgan fingerprint density at radius 1 is 1.11 bits per heavy atom. The number of aliphatic imine (C=N–C) groups is 1. The van der Waals surface area contributed by atoms with Crippen LogP contribution < -0.4 is 25.8 Å². The summed E-state index contributed by atoms with van der Waals surface area (Å²) in [6, 6.07) is 10.0. The van der Waals surface area contributed by atoms with Gasteiger partial charge in [-0.15, -0.1) is 0 Å². The number of amidine groups is 1. The van der Waals surface area contributed by atoms with Crippen LogP contribution in [0.3, 0.4) is 0 Å². The number of nitrogens with two attached hydrogens (primary N) is 1. The number of ether oxygens (including phenoxy) is 3. The van der Waals surface area contributed by atoms with Crippen molar-refractivity contribution in [1.82, 2.24) is 14.9 Å². The molecule has 0 unspecified atom stereocenters. The van der Waals surface area contributed by atoms with Crippen LogP contribution in [0, 0.1) is 12.7 Å². The van der Waals surface area contributed by atoms with Crippen LogP contribution in [0.2, 0.25) is 5.02 Å². The molecular weight excluding hydrogens is 599 g/mol. The molecule has 4 aromatic rings. The Labute approximate surface area is 265 Å². The second kappa shape index (κ2) is 12.1. The van der Waals surface area contributed by atoms with Crippen molar-refractivity contribution in [2.24, 2.45) is 10.7 Å². The number of halogens is 2. The number of fused-ring (bicyclic) bond motifs is 2. The summed E-state index contributed by atoms with van der Waals surface area (Å²) >= 11 is 6.31. The van der Waals surface area contributed by atoms with Gasteiger partial charge in [-0.1, -0.05) is 11.6 Å². The first-order valence-electron chi connectivity index (χ1n) is 14.9. The second-order valence-electron chi connectivity index (χ2n) is 12.4. The fraction of sp³-hybridized carbons (Fsp3) is 0.364. The van der Waals surface area contributed by atoms with E-state index < -0.39 is 17.5 Å². The second-order valence-corrected chi connectivity index (χ2v) is 12.9. The van der Waals surface area contributed by atoms with Gasteiger partial charge in [0.15, 0.2) is 11.5 Å². The van der Waals surface area contributed by atoms with Crippen LogP contribution in [0.4, 0.5) is 20.6 Å². The number of aromatic nitrogens is 2. The molecule has 0 saturated heterocycles. The Hall–Kier alpha value is -4.51. The summed E-state index contributed by atoms with van der Waals surface area (Å²) in [6.07, 6.45) is 6.35. The predicted molar refractivity (Wildman–Crippen MR) is 172 cm³/mol. The average molecular weight is 635 g/mol. The quantitative estimate of drug-likeness (QED) is 0.152. The fourth-order valence-electron chi connectivity index (χ4n) is 5.73. The van der Waals surface area contributed by atoms with Gasteiger partial charge in [-0.05, 0) is 94.8 Å². The first kappa shape index (κ1) is 30.5. The predicted octanol–water partition coefficient (Wildman–Crippen LogP) is 7.12. The molecule has 3 heterocycles. The first-order valence-corrected chi connectivity index (χ1v) is 15.3. The molecule has 0 spiro atoms. The van der Waals surface area contributed by atoms with Gasteiger partial charge in [0.05, 0.1) is 33.7 Å². The minimum atomic E-state index is -0.557. The highest BCUT2D eigenvalue weighted by Gasteiger charge is 2.27. The van der Waals surface area contributed by atoms with E-state index in [1.807, 2.05) is 52.1 Å². The molecule has 1 saturated carbocycles. The van der Waals surface area contributed by atoms with Crippen molar-refractivity contribution >= 4 is 40.4 Å². The Morgan fingerprint density at radius 3 is 2.56 bits per heavy atom. The van der Waals surface area contributed by atoms with Crippen molar-refractivity contribution in [3.05, 3.63) is 70.8 Å². The number of benzene rings is 2. The average Bonchev–Trinajstić information content (AvgIpc) is 3.61. The number of hydrogen-bond acceptors (Lipinski definition) is 7. The smallest absolute Gasteiger partial charge is 0.407 e. The summed E-state index contributed by atoms with van der Waals surface area (Å²) in [4.78, 5) is 16.8. The van der Waals surface area contributed by atoms with Crippen LogP contribution in [0.5, 0.6) is 11.5 Å². The first-order chi connectivity index (χ1) is 21.4. The summed E-state index contributed by atoms with van der Waals surface area (Å²) in [5.74, 6) is 1.09. The van der Waals surface area contributed by atoms with Crippen molar-refractivity contribution < 1.29 is 23.4 Å². The summed E-state index contributed by atoms with van der Waals surface area (Å²) < 4.78 is 32.4. The van der Waals surface area contributed by atoms with Gasteiger partial charge >= 0.3 is 6.09 Å². The maximum absolute atomic E-state index is 14.0. The van der Waals surface area contributed by atoms with Crippen molar-refractivity contribution in [2.75, 3.05) is 12.1 Å². The molecule has 4 N–H and O–H groups in total. The number of carbonyl (C=O) groups excluding carboxylic acids is 1. The molecule has 1 aliphatic carbocycles. The molecule has 2 aromatic carbocycles. The number of hydrogen-bond donors (Lipinski definition) is 3. The van der Waals surface area contributed by atoms with Crippen LogP contribution in [-0.4, -0.2) is 46.0 Å². The molecule has 1 fully saturated rings. The monoisotopic (exact) mass is 634 g/mol. The molecule has 236 valence electrons. The van der Waals surface area contributed by atoms with Gasteiger partial charge in [-0.3, -0.25) is 0 Å². The molecular formula is C33H36ClFN6O4. The Morgan fingerprint density at radius 2 is 1.82 bits per heavy atom.